The van der Waals surface area contributed by atoms with Crippen molar-refractivity contribution in [3.63, 3.8) is 0 Å². The van der Waals surface area contributed by atoms with Crippen LogP contribution in [0.5, 0.6) is 11.5 Å². The number of fused-ring (bicyclic) bond motifs is 1. The Morgan fingerprint density at radius 1 is 0.906 bits per heavy atom. The van der Waals surface area contributed by atoms with Crippen molar-refractivity contribution in [2.75, 3.05) is 11.9 Å². The maximum atomic E-state index is 12.4. The van der Waals surface area contributed by atoms with Crippen molar-refractivity contribution in [3.8, 4) is 11.5 Å². The highest BCUT2D eigenvalue weighted by Gasteiger charge is 2.21. The number of nitrogens with one attached hydrogen (secondary N) is 1. The molecule has 0 unspecified atom stereocenters. The van der Waals surface area contributed by atoms with E-state index in [-0.39, 0.29) is 9.90 Å². The minimum atomic E-state index is -0.717. The molecule has 0 fully saturated rings. The van der Waals surface area contributed by atoms with Gasteiger partial charge < -0.3 is 14.8 Å². The van der Waals surface area contributed by atoms with Crippen LogP contribution in [0.2, 0.25) is 15.1 Å². The average Bonchev–Trinajstić information content (AvgIpc) is 3.10. The molecule has 0 aliphatic heterocycles. The third-order valence-electron chi connectivity index (χ3n) is 4.29. The second-order valence-electron chi connectivity index (χ2n) is 6.57. The van der Waals surface area contributed by atoms with Crippen LogP contribution in [0.4, 0.5) is 5.69 Å². The van der Waals surface area contributed by atoms with Gasteiger partial charge in [0.25, 0.3) is 5.91 Å². The number of ether oxygens (including phenoxy) is 2. The van der Waals surface area contributed by atoms with Crippen molar-refractivity contribution < 1.29 is 19.1 Å². The molecule has 0 saturated heterocycles. The molecule has 4 aromatic rings. The lowest BCUT2D eigenvalue weighted by Crippen LogP contribution is -2.20. The lowest BCUT2D eigenvalue weighted by molar-refractivity contribution is -0.119. The summed E-state index contributed by atoms with van der Waals surface area (Å²) in [4.78, 5) is 24.8. The molecule has 0 aliphatic rings. The van der Waals surface area contributed by atoms with Gasteiger partial charge in [-0.05, 0) is 48.5 Å². The van der Waals surface area contributed by atoms with Crippen LogP contribution in [-0.2, 0) is 9.53 Å². The zero-order valence-corrected chi connectivity index (χ0v) is 19.3. The Balaban J connectivity index is 1.35. The molecule has 0 radical (unpaired) electrons. The summed E-state index contributed by atoms with van der Waals surface area (Å²) in [6.07, 6.45) is 0. The van der Waals surface area contributed by atoms with Crippen LogP contribution >= 0.6 is 46.1 Å². The Hall–Kier alpha value is -2.77. The third-order valence-corrected chi connectivity index (χ3v) is 6.41. The molecule has 0 bridgehead atoms. The van der Waals surface area contributed by atoms with Gasteiger partial charge in [0.15, 0.2) is 6.61 Å². The molecule has 5 nitrogen and oxygen atoms in total. The Bertz CT molecular complexity index is 1290. The molecular weight excluding hydrogens is 493 g/mol. The number of amides is 1. The molecule has 1 heterocycles. The van der Waals surface area contributed by atoms with Gasteiger partial charge in [0.05, 0.1) is 10.0 Å². The molecule has 162 valence electrons. The molecule has 1 aromatic heterocycles. The molecule has 0 atom stereocenters. The fourth-order valence-electron chi connectivity index (χ4n) is 2.87. The molecule has 0 aliphatic carbocycles. The van der Waals surface area contributed by atoms with E-state index in [9.17, 15) is 9.59 Å². The van der Waals surface area contributed by atoms with E-state index in [1.54, 1.807) is 36.4 Å². The quantitative estimate of drug-likeness (QED) is 0.276. The number of carbonyl (C=O) groups excluding carboxylic acids is 2. The van der Waals surface area contributed by atoms with E-state index >= 15 is 0 Å². The van der Waals surface area contributed by atoms with Gasteiger partial charge in [-0.25, -0.2) is 4.79 Å². The lowest BCUT2D eigenvalue weighted by atomic mass is 10.2. The molecule has 1 N–H and O–H groups in total. The van der Waals surface area contributed by atoms with Gasteiger partial charge >= 0.3 is 5.97 Å². The lowest BCUT2D eigenvalue weighted by Gasteiger charge is -2.08. The normalized spacial score (nSPS) is 10.7. The van der Waals surface area contributed by atoms with Crippen molar-refractivity contribution in [1.82, 2.24) is 0 Å². The standard InChI is InChI=1S/C23H14Cl3NO4S/c24-13-10-17(25)20-18(11-13)32-22(21(20)26)23(29)30-12-19(28)27-14-6-8-16(9-7-14)31-15-4-2-1-3-5-15/h1-11H,12H2,(H,27,28). The summed E-state index contributed by atoms with van der Waals surface area (Å²) < 4.78 is 11.5. The van der Waals surface area contributed by atoms with Crippen LogP contribution in [0.25, 0.3) is 10.1 Å². The number of thiophene rings is 1. The summed E-state index contributed by atoms with van der Waals surface area (Å²) in [6.45, 7) is -0.472. The predicted molar refractivity (Wildman–Crippen MR) is 129 cm³/mol. The topological polar surface area (TPSA) is 64.6 Å². The van der Waals surface area contributed by atoms with E-state index in [2.05, 4.69) is 5.32 Å². The number of carbonyl (C=O) groups is 2. The van der Waals surface area contributed by atoms with Gasteiger partial charge in [0.2, 0.25) is 0 Å². The first-order valence-electron chi connectivity index (χ1n) is 9.27. The molecule has 9 heteroatoms. The van der Waals surface area contributed by atoms with E-state index < -0.39 is 18.5 Å². The van der Waals surface area contributed by atoms with E-state index in [1.165, 1.54) is 0 Å². The summed E-state index contributed by atoms with van der Waals surface area (Å²) in [7, 11) is 0. The number of hydrogen-bond donors (Lipinski definition) is 1. The first-order chi connectivity index (χ1) is 15.4. The highest BCUT2D eigenvalue weighted by atomic mass is 35.5. The molecular formula is C23H14Cl3NO4S. The average molecular weight is 507 g/mol. The summed E-state index contributed by atoms with van der Waals surface area (Å²) in [5.41, 5.74) is 0.535. The van der Waals surface area contributed by atoms with Gasteiger partial charge in [0, 0.05) is 20.8 Å². The number of anilines is 1. The molecule has 1 amide bonds. The second kappa shape index (κ2) is 9.79. The zero-order valence-electron chi connectivity index (χ0n) is 16.2. The fourth-order valence-corrected chi connectivity index (χ4v) is 5.13. The van der Waals surface area contributed by atoms with Crippen molar-refractivity contribution in [1.29, 1.82) is 0 Å². The fraction of sp³-hybridized carbons (Fsp3) is 0.0435. The maximum absolute atomic E-state index is 12.4. The third kappa shape index (κ3) is 5.16. The van der Waals surface area contributed by atoms with Gasteiger partial charge in [-0.2, -0.15) is 0 Å². The molecule has 0 spiro atoms. The largest absolute Gasteiger partial charge is 0.457 e. The van der Waals surface area contributed by atoms with E-state index in [0.29, 0.717) is 37.3 Å². The van der Waals surface area contributed by atoms with Gasteiger partial charge in [-0.3, -0.25) is 4.79 Å². The Kier molecular flexibility index (Phi) is 6.86. The minimum Gasteiger partial charge on any atom is -0.457 e. The monoisotopic (exact) mass is 505 g/mol. The van der Waals surface area contributed by atoms with Gasteiger partial charge in [0.1, 0.15) is 16.4 Å². The summed E-state index contributed by atoms with van der Waals surface area (Å²) in [5, 5.41) is 4.12. The van der Waals surface area contributed by atoms with E-state index in [0.717, 1.165) is 11.3 Å². The van der Waals surface area contributed by atoms with Crippen molar-refractivity contribution in [2.24, 2.45) is 0 Å². The summed E-state index contributed by atoms with van der Waals surface area (Å²) in [5.74, 6) is 0.122. The molecule has 3 aromatic carbocycles. The van der Waals surface area contributed by atoms with Crippen molar-refractivity contribution in [2.45, 2.75) is 0 Å². The van der Waals surface area contributed by atoms with Gasteiger partial charge in [-0.1, -0.05) is 53.0 Å². The van der Waals surface area contributed by atoms with Crippen LogP contribution in [-0.4, -0.2) is 18.5 Å². The van der Waals surface area contributed by atoms with E-state index in [1.807, 2.05) is 30.3 Å². The van der Waals surface area contributed by atoms with Crippen LogP contribution < -0.4 is 10.1 Å². The highest BCUT2D eigenvalue weighted by Crippen LogP contribution is 2.41. The molecule has 32 heavy (non-hydrogen) atoms. The zero-order chi connectivity index (χ0) is 22.7. The maximum Gasteiger partial charge on any atom is 0.350 e. The molecule has 0 saturated carbocycles. The van der Waals surface area contributed by atoms with E-state index in [4.69, 9.17) is 44.3 Å². The Morgan fingerprint density at radius 3 is 2.31 bits per heavy atom. The number of rotatable bonds is 6. The van der Waals surface area contributed by atoms with Crippen LogP contribution in [0.1, 0.15) is 9.67 Å². The van der Waals surface area contributed by atoms with Gasteiger partial charge in [-0.15, -0.1) is 11.3 Å². The Morgan fingerprint density at radius 2 is 1.59 bits per heavy atom. The summed E-state index contributed by atoms with van der Waals surface area (Å²) in [6, 6.07) is 19.4. The second-order valence-corrected chi connectivity index (χ2v) is 8.84. The highest BCUT2D eigenvalue weighted by molar-refractivity contribution is 7.21. The summed E-state index contributed by atoms with van der Waals surface area (Å²) >= 11 is 19.6. The smallest absolute Gasteiger partial charge is 0.350 e. The van der Waals surface area contributed by atoms with Crippen molar-refractivity contribution >= 4 is 73.8 Å². The van der Waals surface area contributed by atoms with Crippen LogP contribution in [0.3, 0.4) is 0 Å². The number of halogens is 3. The first-order valence-corrected chi connectivity index (χ1v) is 11.2. The van der Waals surface area contributed by atoms with Crippen LogP contribution in [0, 0.1) is 0 Å². The number of benzene rings is 3. The van der Waals surface area contributed by atoms with Crippen molar-refractivity contribution in [3.05, 3.63) is 86.7 Å². The molecule has 4 rings (SSSR count). The van der Waals surface area contributed by atoms with Crippen LogP contribution in [0.15, 0.2) is 66.7 Å². The Labute approximate surface area is 202 Å². The first kappa shape index (κ1) is 22.4. The minimum absolute atomic E-state index is 0.154. The predicted octanol–water partition coefficient (Wildman–Crippen LogP) is 7.45. The SMILES string of the molecule is O=C(COC(=O)c1sc2cc(Cl)cc(Cl)c2c1Cl)Nc1ccc(Oc2ccccc2)cc1. The number of esters is 1. The number of hydrogen-bond acceptors (Lipinski definition) is 5. The number of para-hydroxylation sites is 1.